The Hall–Kier alpha value is -2.09. The summed E-state index contributed by atoms with van der Waals surface area (Å²) >= 11 is 0. The van der Waals surface area contributed by atoms with Crippen molar-refractivity contribution in [2.75, 3.05) is 26.3 Å². The molecule has 0 amide bonds. The molecule has 1 aliphatic heterocycles. The van der Waals surface area contributed by atoms with Crippen LogP contribution in [-0.4, -0.2) is 54.2 Å². The molecule has 0 radical (unpaired) electrons. The van der Waals surface area contributed by atoms with Crippen LogP contribution in [0.15, 0.2) is 36.1 Å². The van der Waals surface area contributed by atoms with Crippen LogP contribution in [0.2, 0.25) is 0 Å². The summed E-state index contributed by atoms with van der Waals surface area (Å²) in [6, 6.07) is 0. The van der Waals surface area contributed by atoms with Crippen LogP contribution in [0.4, 0.5) is 0 Å². The lowest BCUT2D eigenvalue weighted by Crippen LogP contribution is -2.30. The molecule has 1 heterocycles. The zero-order valence-electron chi connectivity index (χ0n) is 25.0. The Bertz CT molecular complexity index is 794. The summed E-state index contributed by atoms with van der Waals surface area (Å²) in [6.45, 7) is 9.01. The second-order valence-electron chi connectivity index (χ2n) is 10.7. The topological polar surface area (TPSA) is 93.1 Å². The number of carboxylic acids is 1. The van der Waals surface area contributed by atoms with E-state index in [0.717, 1.165) is 25.2 Å². The second kappa shape index (κ2) is 24.7. The predicted molar refractivity (Wildman–Crippen MR) is 167 cm³/mol. The van der Waals surface area contributed by atoms with Crippen LogP contribution < -0.4 is 0 Å². The molecule has 0 aromatic heterocycles. The maximum Gasteiger partial charge on any atom is 0.333 e. The molecule has 230 valence electrons. The van der Waals surface area contributed by atoms with Gasteiger partial charge in [0.05, 0.1) is 24.6 Å². The number of hydrogen-bond donors (Lipinski definition) is 1. The number of allylic oxidation sites excluding steroid dienone is 2. The molecule has 7 nitrogen and oxygen atoms in total. The number of rotatable bonds is 24. The van der Waals surface area contributed by atoms with Crippen molar-refractivity contribution in [3.05, 3.63) is 36.1 Å². The second-order valence-corrected chi connectivity index (χ2v) is 10.7. The molecule has 40 heavy (non-hydrogen) atoms. The Labute approximate surface area is 253 Å². The van der Waals surface area contributed by atoms with Crippen molar-refractivity contribution in [3.63, 3.8) is 0 Å². The fraction of sp³-hybridized carbons (Fsp3) is 0.719. The summed E-state index contributed by atoms with van der Waals surface area (Å²) in [6.07, 6.45) is 24.4. The van der Waals surface area contributed by atoms with Gasteiger partial charge in [-0.2, -0.15) is 0 Å². The van der Waals surface area contributed by atoms with Crippen molar-refractivity contribution in [2.24, 2.45) is 5.92 Å². The van der Waals surface area contributed by atoms with Crippen LogP contribution in [0.3, 0.4) is 0 Å². The van der Waals surface area contributed by atoms with Crippen molar-refractivity contribution < 1.29 is 29.0 Å². The van der Waals surface area contributed by atoms with E-state index in [-0.39, 0.29) is 48.6 Å². The molecule has 1 atom stereocenters. The summed E-state index contributed by atoms with van der Waals surface area (Å²) in [5.74, 6) is -3.22. The fourth-order valence-corrected chi connectivity index (χ4v) is 4.61. The molecule has 0 saturated heterocycles. The molecule has 8 heteroatoms. The molecule has 1 aliphatic rings. The van der Waals surface area contributed by atoms with Crippen molar-refractivity contribution in [1.29, 1.82) is 0 Å². The smallest absolute Gasteiger partial charge is 0.333 e. The number of aliphatic carboxylic acids is 1. The van der Waals surface area contributed by atoms with E-state index in [2.05, 4.69) is 24.5 Å². The van der Waals surface area contributed by atoms with Gasteiger partial charge in [0, 0.05) is 18.7 Å². The number of halogens is 1. The average Bonchev–Trinajstić information content (AvgIpc) is 2.91. The molecule has 1 N–H and O–H groups in total. The van der Waals surface area contributed by atoms with E-state index in [9.17, 15) is 19.5 Å². The molecule has 0 aromatic rings. The number of unbranched alkanes of at least 4 members (excludes halogenated alkanes) is 13. The van der Waals surface area contributed by atoms with Gasteiger partial charge in [-0.3, -0.25) is 9.59 Å². The molecule has 0 aliphatic carbocycles. The van der Waals surface area contributed by atoms with Crippen LogP contribution in [0.25, 0.3) is 0 Å². The Kier molecular flexibility index (Phi) is 23.4. The maximum atomic E-state index is 12.3. The minimum absolute atomic E-state index is 0. The quantitative estimate of drug-likeness (QED) is 0.0659. The molecular formula is C32H54BrNO6. The number of ether oxygens (including phenoxy) is 2. The largest absolute Gasteiger partial charge is 0.481 e. The molecular weight excluding hydrogens is 574 g/mol. The normalized spacial score (nSPS) is 13.2. The average molecular weight is 629 g/mol. The van der Waals surface area contributed by atoms with Gasteiger partial charge in [-0.25, -0.2) is 4.79 Å². The zero-order chi connectivity index (χ0) is 28.7. The molecule has 0 spiro atoms. The number of nitrogens with zero attached hydrogens (tertiary/aromatic N) is 1. The zero-order valence-corrected chi connectivity index (χ0v) is 26.7. The molecule has 1 rings (SSSR count). The number of esters is 2. The first kappa shape index (κ1) is 37.9. The Morgan fingerprint density at radius 1 is 0.925 bits per heavy atom. The van der Waals surface area contributed by atoms with Crippen molar-refractivity contribution in [3.8, 4) is 0 Å². The lowest BCUT2D eigenvalue weighted by molar-refractivity contribution is -0.152. The number of carboxylic acid groups (broad SMARTS) is 1. The van der Waals surface area contributed by atoms with E-state index in [1.165, 1.54) is 90.4 Å². The van der Waals surface area contributed by atoms with Gasteiger partial charge in [0.1, 0.15) is 6.61 Å². The monoisotopic (exact) mass is 627 g/mol. The van der Waals surface area contributed by atoms with Crippen LogP contribution in [0, 0.1) is 5.92 Å². The first-order valence-corrected chi connectivity index (χ1v) is 15.2. The van der Waals surface area contributed by atoms with Gasteiger partial charge in [-0.1, -0.05) is 109 Å². The van der Waals surface area contributed by atoms with Gasteiger partial charge < -0.3 is 19.5 Å². The minimum atomic E-state index is -1.11. The van der Waals surface area contributed by atoms with Gasteiger partial charge in [-0.05, 0) is 25.8 Å². The lowest BCUT2D eigenvalue weighted by atomic mass is 10.0. The molecule has 0 fully saturated rings. The number of hydrogen-bond acceptors (Lipinski definition) is 6. The van der Waals surface area contributed by atoms with E-state index in [0.29, 0.717) is 0 Å². The highest BCUT2D eigenvalue weighted by atomic mass is 79.9. The minimum Gasteiger partial charge on any atom is -0.481 e. The van der Waals surface area contributed by atoms with Crippen molar-refractivity contribution >= 4 is 34.9 Å². The Balaban J connectivity index is 0.0000152. The van der Waals surface area contributed by atoms with E-state index in [1.54, 1.807) is 0 Å². The highest BCUT2D eigenvalue weighted by Gasteiger charge is 2.23. The van der Waals surface area contributed by atoms with E-state index < -0.39 is 23.8 Å². The van der Waals surface area contributed by atoms with E-state index in [1.807, 2.05) is 12.2 Å². The first-order valence-electron chi connectivity index (χ1n) is 15.2. The molecule has 1 unspecified atom stereocenters. The summed E-state index contributed by atoms with van der Waals surface area (Å²) in [5, 5.41) is 9.42. The Morgan fingerprint density at radius 3 is 2.00 bits per heavy atom. The highest BCUT2D eigenvalue weighted by molar-refractivity contribution is 8.93. The van der Waals surface area contributed by atoms with Crippen molar-refractivity contribution in [1.82, 2.24) is 4.90 Å². The maximum absolute atomic E-state index is 12.3. The lowest BCUT2D eigenvalue weighted by Gasteiger charge is -2.28. The molecule has 0 bridgehead atoms. The number of carbonyl (C=O) groups excluding carboxylic acids is 2. The fourth-order valence-electron chi connectivity index (χ4n) is 4.61. The van der Waals surface area contributed by atoms with Gasteiger partial charge in [0.2, 0.25) is 0 Å². The summed E-state index contributed by atoms with van der Waals surface area (Å²) in [7, 11) is 0. The predicted octanol–water partition coefficient (Wildman–Crippen LogP) is 7.94. The van der Waals surface area contributed by atoms with Gasteiger partial charge >= 0.3 is 17.9 Å². The first-order chi connectivity index (χ1) is 18.8. The summed E-state index contributed by atoms with van der Waals surface area (Å²) in [4.78, 5) is 37.5. The molecule has 0 saturated carbocycles. The molecule has 0 aromatic carbocycles. The van der Waals surface area contributed by atoms with E-state index >= 15 is 0 Å². The standard InChI is InChI=1S/C32H53NO6.BrH/c1-4-5-6-7-8-9-10-11-12-13-14-15-16-18-22-33-23-19-17-20-29(33)26-39-30(34)25-28(31(35)36)21-24-38-32(37)27(2)3;/h17,19-20,28H,2,4-16,18,21-26H2,1,3H3,(H,35,36);1H. The third kappa shape index (κ3) is 19.1. The van der Waals surface area contributed by atoms with Crippen LogP contribution in [0.5, 0.6) is 0 Å². The third-order valence-electron chi connectivity index (χ3n) is 7.13. The van der Waals surface area contributed by atoms with Gasteiger partial charge in [0.15, 0.2) is 0 Å². The van der Waals surface area contributed by atoms with Gasteiger partial charge in [-0.15, -0.1) is 17.0 Å². The van der Waals surface area contributed by atoms with Crippen LogP contribution >= 0.6 is 17.0 Å². The SMILES string of the molecule is Br.C=C(C)C(=O)OCCC(CC(=O)OCC1=CC=CCN1CCCCCCCCCCCCCCCC)C(=O)O. The van der Waals surface area contributed by atoms with Gasteiger partial charge in [0.25, 0.3) is 0 Å². The van der Waals surface area contributed by atoms with E-state index in [4.69, 9.17) is 9.47 Å². The summed E-state index contributed by atoms with van der Waals surface area (Å²) < 4.78 is 10.4. The number of carbonyl (C=O) groups is 3. The van der Waals surface area contributed by atoms with Crippen LogP contribution in [0.1, 0.15) is 117 Å². The Morgan fingerprint density at radius 2 is 1.48 bits per heavy atom. The van der Waals surface area contributed by atoms with Crippen LogP contribution in [-0.2, 0) is 23.9 Å². The highest BCUT2D eigenvalue weighted by Crippen LogP contribution is 2.17. The van der Waals surface area contributed by atoms with Crippen molar-refractivity contribution in [2.45, 2.75) is 117 Å². The third-order valence-corrected chi connectivity index (χ3v) is 7.13. The summed E-state index contributed by atoms with van der Waals surface area (Å²) in [5.41, 5.74) is 1.18.